The molecule has 1 aliphatic heterocycles. The molecule has 2 fully saturated rings. The van der Waals surface area contributed by atoms with Crippen LogP contribution in [-0.2, 0) is 20.8 Å². The van der Waals surface area contributed by atoms with E-state index in [1.54, 1.807) is 6.92 Å². The van der Waals surface area contributed by atoms with Crippen LogP contribution in [0.2, 0.25) is 0 Å². The number of imidazole rings is 1. The molecule has 4 heterocycles. The number of amides is 1. The van der Waals surface area contributed by atoms with Crippen LogP contribution in [0.25, 0.3) is 5.65 Å². The van der Waals surface area contributed by atoms with E-state index in [9.17, 15) is 22.4 Å². The van der Waals surface area contributed by atoms with Crippen LogP contribution in [-0.4, -0.2) is 61.4 Å². The van der Waals surface area contributed by atoms with Gasteiger partial charge in [-0.05, 0) is 26.7 Å². The monoisotopic (exact) mass is 513 g/mol. The first kappa shape index (κ1) is 24.2. The highest BCUT2D eigenvalue weighted by molar-refractivity contribution is 5.69. The van der Waals surface area contributed by atoms with Gasteiger partial charge in [0.05, 0.1) is 24.6 Å². The van der Waals surface area contributed by atoms with Crippen molar-refractivity contribution in [3.8, 4) is 0 Å². The molecule has 0 bridgehead atoms. The van der Waals surface area contributed by atoms with E-state index < -0.39 is 37.4 Å². The van der Waals surface area contributed by atoms with Crippen LogP contribution in [0, 0.1) is 6.92 Å². The van der Waals surface area contributed by atoms with Gasteiger partial charge in [0, 0.05) is 29.6 Å². The molecule has 3 aromatic heterocycles. The molecule has 0 spiro atoms. The van der Waals surface area contributed by atoms with E-state index in [0.717, 1.165) is 12.8 Å². The molecule has 2 aliphatic rings. The fraction of sp³-hybridized carbons (Fsp3) is 0.524. The molecule has 3 atom stereocenters. The number of hydrogen-bond donors (Lipinski definition) is 3. The van der Waals surface area contributed by atoms with E-state index in [2.05, 4.69) is 35.5 Å². The average Bonchev–Trinajstić information content (AvgIpc) is 3.16. The number of fused-ring (bicyclic) bond motifs is 1. The van der Waals surface area contributed by atoms with Crippen molar-refractivity contribution < 1.29 is 36.6 Å². The molecule has 1 saturated heterocycles. The summed E-state index contributed by atoms with van der Waals surface area (Å²) in [5.74, 6) is 0.471. The van der Waals surface area contributed by atoms with Crippen molar-refractivity contribution >= 4 is 23.5 Å². The summed E-state index contributed by atoms with van der Waals surface area (Å²) in [4.78, 5) is 20.4. The Morgan fingerprint density at radius 1 is 1.39 bits per heavy atom. The molecule has 194 valence electrons. The predicted molar refractivity (Wildman–Crippen MR) is 115 cm³/mol. The first-order valence-electron chi connectivity index (χ1n) is 11.1. The lowest BCUT2D eigenvalue weighted by Crippen LogP contribution is -2.39. The van der Waals surface area contributed by atoms with Gasteiger partial charge in [0.25, 0.3) is 0 Å². The number of ether oxygens (including phenoxy) is 3. The summed E-state index contributed by atoms with van der Waals surface area (Å²) >= 11 is 0. The maximum absolute atomic E-state index is 15.0. The standard InChI is InChI=1S/C21H23F4N7O4/c1-10-6-26-18(32-7-11(27-17(10)32)8-35-21(23,24)25)28-14-5-12(30-31-14)16-15(22)13(9-34-16)36-19(33)29-20(2)3-4-20/h5-7,13,15-16H,3-4,8-9H2,1-2H3,(H,29,33)(H2,26,28,30,31)/t13-,15+,16-/m0/s1. The molecule has 1 aliphatic carbocycles. The number of carbonyl (C=O) groups is 1. The maximum Gasteiger partial charge on any atom is 0.522 e. The van der Waals surface area contributed by atoms with Gasteiger partial charge in [-0.25, -0.2) is 19.2 Å². The van der Waals surface area contributed by atoms with Crippen molar-refractivity contribution in [3.05, 3.63) is 35.4 Å². The largest absolute Gasteiger partial charge is 0.522 e. The van der Waals surface area contributed by atoms with Crippen molar-refractivity contribution in [3.63, 3.8) is 0 Å². The number of aromatic nitrogens is 5. The lowest BCUT2D eigenvalue weighted by atomic mass is 10.1. The van der Waals surface area contributed by atoms with Crippen LogP contribution in [0.5, 0.6) is 0 Å². The zero-order valence-electron chi connectivity index (χ0n) is 19.2. The third-order valence-corrected chi connectivity index (χ3v) is 5.99. The Hall–Kier alpha value is -3.46. The normalized spacial score (nSPS) is 23.1. The molecule has 15 heteroatoms. The minimum absolute atomic E-state index is 0.0552. The maximum atomic E-state index is 15.0. The van der Waals surface area contributed by atoms with E-state index in [1.165, 1.54) is 22.9 Å². The molecular weight excluding hydrogens is 490 g/mol. The van der Waals surface area contributed by atoms with E-state index in [-0.39, 0.29) is 29.6 Å². The summed E-state index contributed by atoms with van der Waals surface area (Å²) in [6.45, 7) is 2.72. The van der Waals surface area contributed by atoms with E-state index in [1.807, 2.05) is 6.92 Å². The summed E-state index contributed by atoms with van der Waals surface area (Å²) in [5, 5.41) is 12.4. The highest BCUT2D eigenvalue weighted by atomic mass is 19.4. The van der Waals surface area contributed by atoms with Crippen LogP contribution in [0.15, 0.2) is 18.5 Å². The average molecular weight is 513 g/mol. The molecule has 36 heavy (non-hydrogen) atoms. The first-order chi connectivity index (χ1) is 17.0. The summed E-state index contributed by atoms with van der Waals surface area (Å²) in [6.07, 6.45) is -4.64. The van der Waals surface area contributed by atoms with Gasteiger partial charge < -0.3 is 20.1 Å². The Labute approximate surface area is 201 Å². The second-order valence-electron chi connectivity index (χ2n) is 9.09. The van der Waals surface area contributed by atoms with Crippen molar-refractivity contribution in [1.82, 2.24) is 29.9 Å². The van der Waals surface area contributed by atoms with Crippen LogP contribution in [0.3, 0.4) is 0 Å². The third kappa shape index (κ3) is 5.21. The molecule has 3 aromatic rings. The second-order valence-corrected chi connectivity index (χ2v) is 9.09. The van der Waals surface area contributed by atoms with Crippen molar-refractivity contribution in [1.29, 1.82) is 0 Å². The predicted octanol–water partition coefficient (Wildman–Crippen LogP) is 3.60. The first-order valence-corrected chi connectivity index (χ1v) is 11.1. The number of nitrogens with zero attached hydrogens (tertiary/aromatic N) is 4. The molecule has 5 rings (SSSR count). The fourth-order valence-electron chi connectivity index (χ4n) is 3.79. The van der Waals surface area contributed by atoms with Crippen molar-refractivity contribution in [2.24, 2.45) is 0 Å². The van der Waals surface area contributed by atoms with Crippen LogP contribution < -0.4 is 10.6 Å². The SMILES string of the molecule is Cc1cnc(Nc2cc([C@@H]3OC[C@H](OC(=O)NC4(C)CC4)[C@H]3F)[nH]n2)n2cc(COC(F)(F)F)nc12. The van der Waals surface area contributed by atoms with Gasteiger partial charge in [0.2, 0.25) is 5.95 Å². The molecule has 3 N–H and O–H groups in total. The minimum atomic E-state index is -4.78. The molecule has 11 nitrogen and oxygen atoms in total. The van der Waals surface area contributed by atoms with Gasteiger partial charge in [-0.1, -0.05) is 0 Å². The Morgan fingerprint density at radius 3 is 2.89 bits per heavy atom. The van der Waals surface area contributed by atoms with Crippen molar-refractivity contribution in [2.75, 3.05) is 11.9 Å². The minimum Gasteiger partial charge on any atom is -0.441 e. The molecule has 1 amide bonds. The number of aromatic amines is 1. The highest BCUT2D eigenvalue weighted by Crippen LogP contribution is 2.36. The van der Waals surface area contributed by atoms with Gasteiger partial charge in [0.1, 0.15) is 11.8 Å². The Kier molecular flexibility index (Phi) is 5.98. The van der Waals surface area contributed by atoms with Crippen LogP contribution in [0.1, 0.15) is 42.8 Å². The summed E-state index contributed by atoms with van der Waals surface area (Å²) in [6, 6.07) is 1.50. The summed E-state index contributed by atoms with van der Waals surface area (Å²) < 4.78 is 68.2. The zero-order valence-corrected chi connectivity index (χ0v) is 19.2. The summed E-state index contributed by atoms with van der Waals surface area (Å²) in [5.41, 5.74) is 1.08. The van der Waals surface area contributed by atoms with Gasteiger partial charge >= 0.3 is 12.5 Å². The molecular formula is C21H23F4N7O4. The number of nitrogens with one attached hydrogen (secondary N) is 3. The topological polar surface area (TPSA) is 128 Å². The smallest absolute Gasteiger partial charge is 0.441 e. The van der Waals surface area contributed by atoms with Crippen molar-refractivity contribution in [2.45, 2.75) is 63.6 Å². The fourth-order valence-corrected chi connectivity index (χ4v) is 3.79. The number of anilines is 2. The van der Waals surface area contributed by atoms with Crippen LogP contribution in [0.4, 0.5) is 34.1 Å². The molecule has 1 saturated carbocycles. The van der Waals surface area contributed by atoms with E-state index in [0.29, 0.717) is 16.9 Å². The zero-order chi connectivity index (χ0) is 25.7. The lowest BCUT2D eigenvalue weighted by Gasteiger charge is -2.17. The number of carbonyl (C=O) groups excluding carboxylic acids is 1. The summed E-state index contributed by atoms with van der Waals surface area (Å²) in [7, 11) is 0. The van der Waals surface area contributed by atoms with Crippen LogP contribution >= 0.6 is 0 Å². The second kappa shape index (κ2) is 8.89. The molecule has 0 unspecified atom stereocenters. The van der Waals surface area contributed by atoms with Gasteiger partial charge in [0.15, 0.2) is 18.1 Å². The van der Waals surface area contributed by atoms with E-state index in [4.69, 9.17) is 9.47 Å². The Morgan fingerprint density at radius 2 is 2.17 bits per heavy atom. The number of halogens is 4. The number of rotatable bonds is 7. The number of alkyl carbamates (subject to hydrolysis) is 1. The van der Waals surface area contributed by atoms with Gasteiger partial charge in [-0.2, -0.15) is 5.10 Å². The molecule has 0 radical (unpaired) electrons. The lowest BCUT2D eigenvalue weighted by molar-refractivity contribution is -0.330. The number of hydrogen-bond acceptors (Lipinski definition) is 8. The third-order valence-electron chi connectivity index (χ3n) is 5.99. The van der Waals surface area contributed by atoms with Gasteiger partial charge in [-0.3, -0.25) is 14.2 Å². The van der Waals surface area contributed by atoms with E-state index >= 15 is 0 Å². The Balaban J connectivity index is 1.26. The number of alkyl halides is 4. The molecule has 0 aromatic carbocycles. The highest BCUT2D eigenvalue weighted by Gasteiger charge is 2.44. The quantitative estimate of drug-likeness (QED) is 0.409. The Bertz CT molecular complexity index is 1270. The van der Waals surface area contributed by atoms with Gasteiger partial charge in [-0.15, -0.1) is 13.2 Å². The number of aryl methyl sites for hydroxylation is 1. The number of H-pyrrole nitrogens is 1.